The summed E-state index contributed by atoms with van der Waals surface area (Å²) < 4.78 is 16.9. The number of hydrogen-bond donors (Lipinski definition) is 1. The molecule has 1 amide bonds. The van der Waals surface area contributed by atoms with Crippen molar-refractivity contribution in [1.82, 2.24) is 5.32 Å². The van der Waals surface area contributed by atoms with Crippen molar-refractivity contribution in [2.24, 2.45) is 0 Å². The monoisotopic (exact) mass is 382 g/mol. The largest absolute Gasteiger partial charge is 0.497 e. The summed E-state index contributed by atoms with van der Waals surface area (Å²) in [5.41, 5.74) is 3.36. The van der Waals surface area contributed by atoms with E-state index in [1.54, 1.807) is 7.11 Å². The lowest BCUT2D eigenvalue weighted by Crippen LogP contribution is -2.25. The maximum Gasteiger partial charge on any atom is 0.234 e. The molecule has 6 nitrogen and oxygen atoms in total. The smallest absolute Gasteiger partial charge is 0.234 e. The van der Waals surface area contributed by atoms with Crippen LogP contribution in [-0.4, -0.2) is 32.8 Å². The predicted octanol–water partition coefficient (Wildman–Crippen LogP) is 3.34. The average Bonchev–Trinajstić information content (AvgIpc) is 2.69. The molecule has 0 atom stereocenters. The van der Waals surface area contributed by atoms with Gasteiger partial charge in [-0.3, -0.25) is 4.79 Å². The molecule has 1 N–H and O–H groups in total. The predicted molar refractivity (Wildman–Crippen MR) is 107 cm³/mol. The second-order valence-electron chi connectivity index (χ2n) is 6.35. The molecule has 0 unspecified atom stereocenters. The first kappa shape index (κ1) is 21.1. The van der Waals surface area contributed by atoms with Crippen LogP contribution in [0.3, 0.4) is 0 Å². The molecule has 2 aromatic rings. The zero-order valence-corrected chi connectivity index (χ0v) is 16.6. The molecule has 28 heavy (non-hydrogen) atoms. The number of carbonyl (C=O) groups is 1. The molecule has 0 saturated carbocycles. The number of nitrogens with zero attached hydrogens (tertiary/aromatic N) is 1. The number of ether oxygens (including phenoxy) is 3. The molecule has 0 aliphatic carbocycles. The van der Waals surface area contributed by atoms with Crippen LogP contribution in [-0.2, 0) is 11.2 Å². The normalized spacial score (nSPS) is 10.1. The Morgan fingerprint density at radius 1 is 1.04 bits per heavy atom. The van der Waals surface area contributed by atoms with Crippen LogP contribution in [0.25, 0.3) is 0 Å². The molecule has 0 fully saturated rings. The van der Waals surface area contributed by atoms with Crippen LogP contribution in [0.4, 0.5) is 0 Å². The summed E-state index contributed by atoms with van der Waals surface area (Å²) in [6.45, 7) is 5.35. The lowest BCUT2D eigenvalue weighted by molar-refractivity contribution is -0.120. The molecule has 0 aliphatic rings. The van der Waals surface area contributed by atoms with E-state index in [1.807, 2.05) is 42.5 Å². The fourth-order valence-corrected chi connectivity index (χ4v) is 2.59. The van der Waals surface area contributed by atoms with Gasteiger partial charge in [-0.05, 0) is 55.2 Å². The molecule has 0 aromatic heterocycles. The molecule has 0 bridgehead atoms. The first-order chi connectivity index (χ1) is 13.5. The summed E-state index contributed by atoms with van der Waals surface area (Å²) in [4.78, 5) is 11.4. The number of rotatable bonds is 10. The van der Waals surface area contributed by atoms with E-state index >= 15 is 0 Å². The minimum Gasteiger partial charge on any atom is -0.497 e. The van der Waals surface area contributed by atoms with Gasteiger partial charge in [0.2, 0.25) is 5.91 Å². The highest BCUT2D eigenvalue weighted by Gasteiger charge is 2.08. The van der Waals surface area contributed by atoms with Crippen LogP contribution in [0.5, 0.6) is 17.2 Å². The lowest BCUT2D eigenvalue weighted by Gasteiger charge is -2.14. The van der Waals surface area contributed by atoms with E-state index in [0.29, 0.717) is 37.7 Å². The van der Waals surface area contributed by atoms with E-state index in [2.05, 4.69) is 19.2 Å². The Balaban J connectivity index is 1.90. The number of nitriles is 1. The Morgan fingerprint density at radius 3 is 2.50 bits per heavy atom. The molecule has 0 saturated heterocycles. The molecule has 148 valence electrons. The van der Waals surface area contributed by atoms with Gasteiger partial charge in [-0.2, -0.15) is 5.26 Å². The summed E-state index contributed by atoms with van der Waals surface area (Å²) in [5, 5.41) is 11.2. The summed E-state index contributed by atoms with van der Waals surface area (Å²) in [7, 11) is 1.60. The molecule has 0 aliphatic heterocycles. The molecule has 2 aromatic carbocycles. The van der Waals surface area contributed by atoms with Crippen molar-refractivity contribution in [3.8, 4) is 23.3 Å². The van der Waals surface area contributed by atoms with Crippen LogP contribution in [0, 0.1) is 25.2 Å². The summed E-state index contributed by atoms with van der Waals surface area (Å²) >= 11 is 0. The highest BCUT2D eigenvalue weighted by atomic mass is 16.5. The summed E-state index contributed by atoms with van der Waals surface area (Å²) in [5.74, 6) is 1.93. The van der Waals surface area contributed by atoms with Crippen LogP contribution < -0.4 is 19.5 Å². The van der Waals surface area contributed by atoms with Gasteiger partial charge in [0.1, 0.15) is 36.9 Å². The van der Waals surface area contributed by atoms with Gasteiger partial charge in [-0.25, -0.2) is 0 Å². The van der Waals surface area contributed by atoms with Crippen molar-refractivity contribution >= 4 is 5.91 Å². The maximum absolute atomic E-state index is 11.4. The number of amides is 1. The van der Waals surface area contributed by atoms with Crippen LogP contribution in [0.2, 0.25) is 0 Å². The maximum atomic E-state index is 11.4. The van der Waals surface area contributed by atoms with Gasteiger partial charge in [0, 0.05) is 12.6 Å². The summed E-state index contributed by atoms with van der Waals surface area (Å²) in [6, 6.07) is 13.4. The molecule has 6 heteroatoms. The van der Waals surface area contributed by atoms with Crippen molar-refractivity contribution < 1.29 is 19.0 Å². The number of nitrogens with one attached hydrogen (secondary N) is 1. The number of methoxy groups -OCH3 is 1. The fraction of sp³-hybridized carbons (Fsp3) is 0.364. The van der Waals surface area contributed by atoms with Crippen LogP contribution in [0.1, 0.15) is 23.1 Å². The van der Waals surface area contributed by atoms with E-state index in [4.69, 9.17) is 19.5 Å². The van der Waals surface area contributed by atoms with Gasteiger partial charge >= 0.3 is 0 Å². The number of aryl methyl sites for hydroxylation is 2. The third kappa shape index (κ3) is 6.51. The zero-order valence-electron chi connectivity index (χ0n) is 16.6. The Bertz CT molecular complexity index is 843. The Labute approximate surface area is 166 Å². The summed E-state index contributed by atoms with van der Waals surface area (Å²) in [6.07, 6.45) is 0.455. The standard InChI is InChI=1S/C22H26N2O4/c1-16-4-6-20(14-17(16)2)27-12-13-28-21-15-19(26-3)7-5-18(21)9-11-24-22(25)8-10-23/h4-7,14-15H,8-9,11-13H2,1-3H3,(H,24,25). The number of benzene rings is 2. The number of hydrogen-bond acceptors (Lipinski definition) is 5. The van der Waals surface area contributed by atoms with E-state index in [1.165, 1.54) is 11.1 Å². The van der Waals surface area contributed by atoms with Gasteiger partial charge < -0.3 is 19.5 Å². The Hall–Kier alpha value is -3.20. The molecule has 0 heterocycles. The SMILES string of the molecule is COc1ccc(CCNC(=O)CC#N)c(OCCOc2ccc(C)c(C)c2)c1. The average molecular weight is 382 g/mol. The van der Waals surface area contributed by atoms with Crippen molar-refractivity contribution in [3.05, 3.63) is 53.1 Å². The van der Waals surface area contributed by atoms with Crippen LogP contribution in [0.15, 0.2) is 36.4 Å². The van der Waals surface area contributed by atoms with Gasteiger partial charge in [0.15, 0.2) is 0 Å². The first-order valence-electron chi connectivity index (χ1n) is 9.17. The van der Waals surface area contributed by atoms with Gasteiger partial charge in [0.05, 0.1) is 13.2 Å². The lowest BCUT2D eigenvalue weighted by atomic mass is 10.1. The van der Waals surface area contributed by atoms with Crippen LogP contribution >= 0.6 is 0 Å². The van der Waals surface area contributed by atoms with Crippen molar-refractivity contribution in [1.29, 1.82) is 5.26 Å². The van der Waals surface area contributed by atoms with E-state index in [0.717, 1.165) is 11.3 Å². The van der Waals surface area contributed by atoms with Crippen molar-refractivity contribution in [3.63, 3.8) is 0 Å². The van der Waals surface area contributed by atoms with E-state index in [-0.39, 0.29) is 12.3 Å². The molecular weight excluding hydrogens is 356 g/mol. The zero-order chi connectivity index (χ0) is 20.4. The molecule has 2 rings (SSSR count). The highest BCUT2D eigenvalue weighted by Crippen LogP contribution is 2.25. The van der Waals surface area contributed by atoms with Gasteiger partial charge in [-0.1, -0.05) is 12.1 Å². The molecule has 0 spiro atoms. The first-order valence-corrected chi connectivity index (χ1v) is 9.17. The fourth-order valence-electron chi connectivity index (χ4n) is 2.59. The number of carbonyl (C=O) groups excluding carboxylic acids is 1. The second-order valence-corrected chi connectivity index (χ2v) is 6.35. The topological polar surface area (TPSA) is 80.6 Å². The minimum absolute atomic E-state index is 0.137. The third-order valence-electron chi connectivity index (χ3n) is 4.32. The van der Waals surface area contributed by atoms with Crippen molar-refractivity contribution in [2.75, 3.05) is 26.9 Å². The molecular formula is C22H26N2O4. The molecule has 0 radical (unpaired) electrons. The second kappa shape index (κ2) is 10.8. The van der Waals surface area contributed by atoms with Gasteiger partial charge in [0.25, 0.3) is 0 Å². The van der Waals surface area contributed by atoms with E-state index < -0.39 is 0 Å². The Morgan fingerprint density at radius 2 is 1.79 bits per heavy atom. The van der Waals surface area contributed by atoms with E-state index in [9.17, 15) is 4.79 Å². The quantitative estimate of drug-likeness (QED) is 0.638. The third-order valence-corrected chi connectivity index (χ3v) is 4.32. The van der Waals surface area contributed by atoms with Gasteiger partial charge in [-0.15, -0.1) is 0 Å². The van der Waals surface area contributed by atoms with Crippen molar-refractivity contribution in [2.45, 2.75) is 26.7 Å². The minimum atomic E-state index is -0.278. The Kier molecular flexibility index (Phi) is 8.16. The highest BCUT2D eigenvalue weighted by molar-refractivity contribution is 5.77.